The number of methoxy groups -OCH3 is 1. The van der Waals surface area contributed by atoms with E-state index in [0.29, 0.717) is 17.2 Å². The highest BCUT2D eigenvalue weighted by molar-refractivity contribution is 5.93. The Bertz CT molecular complexity index is 649. The van der Waals surface area contributed by atoms with E-state index in [1.807, 2.05) is 0 Å². The largest absolute Gasteiger partial charge is 0.497 e. The molecule has 0 saturated heterocycles. The Morgan fingerprint density at radius 1 is 1.00 bits per heavy atom. The van der Waals surface area contributed by atoms with Gasteiger partial charge in [0.05, 0.1) is 12.7 Å². The van der Waals surface area contributed by atoms with Crippen molar-refractivity contribution >= 4 is 17.6 Å². The molecule has 6 heteroatoms. The smallest absolute Gasteiger partial charge is 0.335 e. The summed E-state index contributed by atoms with van der Waals surface area (Å²) in [5.74, 6) is -0.0906. The van der Waals surface area contributed by atoms with Crippen LogP contribution >= 0.6 is 0 Å². The fourth-order valence-corrected chi connectivity index (χ4v) is 1.71. The molecule has 6 nitrogen and oxygen atoms in total. The molecule has 0 heterocycles. The molecule has 0 radical (unpaired) electrons. The molecule has 22 heavy (non-hydrogen) atoms. The van der Waals surface area contributed by atoms with Gasteiger partial charge in [0.15, 0.2) is 6.61 Å². The molecule has 0 saturated carbocycles. The van der Waals surface area contributed by atoms with E-state index < -0.39 is 5.97 Å². The summed E-state index contributed by atoms with van der Waals surface area (Å²) in [4.78, 5) is 22.5. The summed E-state index contributed by atoms with van der Waals surface area (Å²) in [5.41, 5.74) is 0.667. The zero-order chi connectivity index (χ0) is 15.9. The third kappa shape index (κ3) is 4.24. The van der Waals surface area contributed by atoms with E-state index in [2.05, 4.69) is 5.32 Å². The molecular formula is C16H15NO5. The molecule has 114 valence electrons. The van der Waals surface area contributed by atoms with Gasteiger partial charge in [-0.05, 0) is 48.5 Å². The fourth-order valence-electron chi connectivity index (χ4n) is 1.71. The molecule has 2 rings (SSSR count). The first-order valence-electron chi connectivity index (χ1n) is 6.48. The molecule has 0 aromatic heterocycles. The van der Waals surface area contributed by atoms with Gasteiger partial charge < -0.3 is 19.9 Å². The summed E-state index contributed by atoms with van der Waals surface area (Å²) in [6.07, 6.45) is 0. The van der Waals surface area contributed by atoms with Crippen molar-refractivity contribution < 1.29 is 24.2 Å². The summed E-state index contributed by atoms with van der Waals surface area (Å²) >= 11 is 0. The number of carboxylic acid groups (broad SMARTS) is 1. The van der Waals surface area contributed by atoms with E-state index >= 15 is 0 Å². The summed E-state index contributed by atoms with van der Waals surface area (Å²) in [6, 6.07) is 12.8. The zero-order valence-corrected chi connectivity index (χ0v) is 11.9. The zero-order valence-electron chi connectivity index (χ0n) is 11.9. The number of carbonyl (C=O) groups is 2. The van der Waals surface area contributed by atoms with Crippen LogP contribution in [0.15, 0.2) is 48.5 Å². The first-order valence-corrected chi connectivity index (χ1v) is 6.48. The molecule has 0 fully saturated rings. The number of hydrogen-bond acceptors (Lipinski definition) is 4. The Kier molecular flexibility index (Phi) is 4.98. The number of anilines is 1. The van der Waals surface area contributed by atoms with Crippen molar-refractivity contribution in [3.05, 3.63) is 54.1 Å². The van der Waals surface area contributed by atoms with Crippen molar-refractivity contribution in [3.8, 4) is 11.5 Å². The second-order valence-electron chi connectivity index (χ2n) is 4.39. The van der Waals surface area contributed by atoms with Gasteiger partial charge in [-0.2, -0.15) is 0 Å². The lowest BCUT2D eigenvalue weighted by Crippen LogP contribution is -2.20. The Labute approximate surface area is 127 Å². The minimum Gasteiger partial charge on any atom is -0.497 e. The van der Waals surface area contributed by atoms with Gasteiger partial charge in [-0.1, -0.05) is 0 Å². The topological polar surface area (TPSA) is 84.9 Å². The molecule has 1 amide bonds. The molecule has 0 atom stereocenters. The van der Waals surface area contributed by atoms with Gasteiger partial charge in [0.2, 0.25) is 0 Å². The quantitative estimate of drug-likeness (QED) is 0.856. The number of amides is 1. The number of hydrogen-bond donors (Lipinski definition) is 2. The Morgan fingerprint density at radius 2 is 1.59 bits per heavy atom. The Balaban J connectivity index is 1.85. The van der Waals surface area contributed by atoms with Crippen LogP contribution in [0.1, 0.15) is 10.4 Å². The molecule has 2 aromatic rings. The second-order valence-corrected chi connectivity index (χ2v) is 4.39. The van der Waals surface area contributed by atoms with Crippen LogP contribution in [0.5, 0.6) is 11.5 Å². The summed E-state index contributed by atoms with van der Waals surface area (Å²) in [5, 5.41) is 11.4. The van der Waals surface area contributed by atoms with Crippen LogP contribution in [0.4, 0.5) is 5.69 Å². The van der Waals surface area contributed by atoms with Crippen LogP contribution < -0.4 is 14.8 Å². The summed E-state index contributed by atoms with van der Waals surface area (Å²) < 4.78 is 10.4. The SMILES string of the molecule is COc1ccc(OCC(=O)Nc2ccc(C(=O)O)cc2)cc1. The summed E-state index contributed by atoms with van der Waals surface area (Å²) in [6.45, 7) is -0.146. The van der Waals surface area contributed by atoms with Crippen molar-refractivity contribution in [2.45, 2.75) is 0 Å². The molecule has 2 N–H and O–H groups in total. The molecule has 0 aliphatic heterocycles. The third-order valence-corrected chi connectivity index (χ3v) is 2.84. The first-order chi connectivity index (χ1) is 10.6. The maximum absolute atomic E-state index is 11.8. The van der Waals surface area contributed by atoms with E-state index in [4.69, 9.17) is 14.6 Å². The molecule has 0 aliphatic rings. The minimum atomic E-state index is -1.01. The fraction of sp³-hybridized carbons (Fsp3) is 0.125. The van der Waals surface area contributed by atoms with E-state index in [0.717, 1.165) is 0 Å². The van der Waals surface area contributed by atoms with Gasteiger partial charge in [0, 0.05) is 5.69 Å². The predicted octanol–water partition coefficient (Wildman–Crippen LogP) is 2.41. The molecule has 0 bridgehead atoms. The van der Waals surface area contributed by atoms with Gasteiger partial charge in [0.1, 0.15) is 11.5 Å². The van der Waals surface area contributed by atoms with Crippen molar-refractivity contribution in [2.24, 2.45) is 0 Å². The maximum Gasteiger partial charge on any atom is 0.335 e. The lowest BCUT2D eigenvalue weighted by molar-refractivity contribution is -0.118. The monoisotopic (exact) mass is 301 g/mol. The van der Waals surface area contributed by atoms with Crippen LogP contribution in [0, 0.1) is 0 Å². The molecule has 0 aliphatic carbocycles. The van der Waals surface area contributed by atoms with Gasteiger partial charge >= 0.3 is 5.97 Å². The van der Waals surface area contributed by atoms with Crippen LogP contribution in [0.2, 0.25) is 0 Å². The van der Waals surface area contributed by atoms with Gasteiger partial charge in [-0.3, -0.25) is 4.79 Å². The molecular weight excluding hydrogens is 286 g/mol. The molecule has 2 aromatic carbocycles. The van der Waals surface area contributed by atoms with Crippen LogP contribution in [-0.4, -0.2) is 30.7 Å². The van der Waals surface area contributed by atoms with Crippen LogP contribution in [0.25, 0.3) is 0 Å². The minimum absolute atomic E-state index is 0.146. The number of carboxylic acids is 1. The molecule has 0 spiro atoms. The second kappa shape index (κ2) is 7.12. The van der Waals surface area contributed by atoms with E-state index in [9.17, 15) is 9.59 Å². The van der Waals surface area contributed by atoms with Crippen molar-refractivity contribution in [1.29, 1.82) is 0 Å². The number of carbonyl (C=O) groups excluding carboxylic acids is 1. The van der Waals surface area contributed by atoms with Crippen molar-refractivity contribution in [1.82, 2.24) is 0 Å². The lowest BCUT2D eigenvalue weighted by atomic mass is 10.2. The number of rotatable bonds is 6. The molecule has 0 unspecified atom stereocenters. The van der Waals surface area contributed by atoms with Gasteiger partial charge in [-0.15, -0.1) is 0 Å². The number of nitrogens with one attached hydrogen (secondary N) is 1. The van der Waals surface area contributed by atoms with E-state index in [1.54, 1.807) is 31.4 Å². The highest BCUT2D eigenvalue weighted by atomic mass is 16.5. The Hall–Kier alpha value is -3.02. The maximum atomic E-state index is 11.8. The number of aromatic carboxylic acids is 1. The standard InChI is InChI=1S/C16H15NO5/c1-21-13-6-8-14(9-7-13)22-10-15(18)17-12-4-2-11(3-5-12)16(19)20/h2-9H,10H2,1H3,(H,17,18)(H,19,20). The van der Waals surface area contributed by atoms with Gasteiger partial charge in [-0.25, -0.2) is 4.79 Å². The van der Waals surface area contributed by atoms with E-state index in [-0.39, 0.29) is 18.1 Å². The highest BCUT2D eigenvalue weighted by Gasteiger charge is 2.06. The predicted molar refractivity (Wildman–Crippen MR) is 80.5 cm³/mol. The number of benzene rings is 2. The average Bonchev–Trinajstić information content (AvgIpc) is 2.54. The highest BCUT2D eigenvalue weighted by Crippen LogP contribution is 2.17. The average molecular weight is 301 g/mol. The van der Waals surface area contributed by atoms with E-state index in [1.165, 1.54) is 24.3 Å². The third-order valence-electron chi connectivity index (χ3n) is 2.84. The normalized spacial score (nSPS) is 9.86. The first kappa shape index (κ1) is 15.4. The number of ether oxygens (including phenoxy) is 2. The summed E-state index contributed by atoms with van der Waals surface area (Å²) in [7, 11) is 1.57. The Morgan fingerprint density at radius 3 is 2.14 bits per heavy atom. The van der Waals surface area contributed by atoms with Gasteiger partial charge in [0.25, 0.3) is 5.91 Å². The van der Waals surface area contributed by atoms with Crippen molar-refractivity contribution in [3.63, 3.8) is 0 Å². The van der Waals surface area contributed by atoms with Crippen LogP contribution in [0.3, 0.4) is 0 Å². The van der Waals surface area contributed by atoms with Crippen LogP contribution in [-0.2, 0) is 4.79 Å². The van der Waals surface area contributed by atoms with Crippen molar-refractivity contribution in [2.75, 3.05) is 19.0 Å². The lowest BCUT2D eigenvalue weighted by Gasteiger charge is -2.08.